The maximum atomic E-state index is 13.0. The van der Waals surface area contributed by atoms with Crippen LogP contribution in [0.25, 0.3) is 10.2 Å². The lowest BCUT2D eigenvalue weighted by Gasteiger charge is -2.04. The van der Waals surface area contributed by atoms with Crippen LogP contribution in [0.4, 0.5) is 5.69 Å². The van der Waals surface area contributed by atoms with Crippen LogP contribution in [0.15, 0.2) is 46.8 Å². The molecule has 3 heterocycles. The number of carbonyl (C=O) groups excluding carboxylic acids is 2. The monoisotopic (exact) mass is 468 g/mol. The summed E-state index contributed by atoms with van der Waals surface area (Å²) >= 11 is 2.52. The normalized spacial score (nSPS) is 10.9. The van der Waals surface area contributed by atoms with Crippen LogP contribution in [0.2, 0.25) is 0 Å². The van der Waals surface area contributed by atoms with Gasteiger partial charge >= 0.3 is 5.97 Å². The minimum atomic E-state index is -0.447. The molecule has 0 aliphatic carbocycles. The van der Waals surface area contributed by atoms with Crippen molar-refractivity contribution in [3.05, 3.63) is 73.5 Å². The van der Waals surface area contributed by atoms with Gasteiger partial charge in [0.05, 0.1) is 37.0 Å². The summed E-state index contributed by atoms with van der Waals surface area (Å²) in [7, 11) is 0. The van der Waals surface area contributed by atoms with Crippen molar-refractivity contribution in [3.8, 4) is 0 Å². The fourth-order valence-electron chi connectivity index (χ4n) is 3.20. The Labute approximate surface area is 191 Å². The number of carbonyl (C=O) groups is 2. The average molecular weight is 469 g/mol. The van der Waals surface area contributed by atoms with Crippen LogP contribution < -0.4 is 10.9 Å². The van der Waals surface area contributed by atoms with Crippen LogP contribution in [0.5, 0.6) is 0 Å². The van der Waals surface area contributed by atoms with Crippen molar-refractivity contribution in [2.24, 2.45) is 0 Å². The first-order chi connectivity index (χ1) is 15.5. The lowest BCUT2D eigenvalue weighted by Crippen LogP contribution is -2.21. The number of aryl methyl sites for hydroxylation is 1. The molecule has 1 aromatic carbocycles. The third kappa shape index (κ3) is 4.61. The number of amides is 1. The fourth-order valence-corrected chi connectivity index (χ4v) is 5.02. The van der Waals surface area contributed by atoms with E-state index >= 15 is 0 Å². The van der Waals surface area contributed by atoms with E-state index in [1.807, 2.05) is 35.7 Å². The molecule has 0 unspecified atom stereocenters. The predicted molar refractivity (Wildman–Crippen MR) is 125 cm³/mol. The highest BCUT2D eigenvalue weighted by Gasteiger charge is 2.20. The Hall–Kier alpha value is -3.37. The third-order valence-corrected chi connectivity index (χ3v) is 6.76. The van der Waals surface area contributed by atoms with Gasteiger partial charge in [0.2, 0.25) is 5.91 Å². The number of hydrogen-bond acceptors (Lipinski definition) is 8. The second kappa shape index (κ2) is 9.41. The summed E-state index contributed by atoms with van der Waals surface area (Å²) in [4.78, 5) is 47.1. The quantitative estimate of drug-likeness (QED) is 0.416. The summed E-state index contributed by atoms with van der Waals surface area (Å²) in [5, 5.41) is 5.73. The number of hydrogen-bond donors (Lipinski definition) is 1. The number of benzene rings is 1. The highest BCUT2D eigenvalue weighted by Crippen LogP contribution is 2.27. The molecule has 0 atom stereocenters. The first-order valence-electron chi connectivity index (χ1n) is 9.90. The van der Waals surface area contributed by atoms with E-state index < -0.39 is 5.97 Å². The summed E-state index contributed by atoms with van der Waals surface area (Å²) in [5.41, 5.74) is 1.73. The number of ether oxygens (including phenoxy) is 1. The van der Waals surface area contributed by atoms with Crippen LogP contribution in [0.3, 0.4) is 0 Å². The Morgan fingerprint density at radius 3 is 2.75 bits per heavy atom. The van der Waals surface area contributed by atoms with Gasteiger partial charge in [0.25, 0.3) is 5.56 Å². The van der Waals surface area contributed by atoms with Crippen molar-refractivity contribution in [3.63, 3.8) is 0 Å². The molecule has 32 heavy (non-hydrogen) atoms. The van der Waals surface area contributed by atoms with Crippen LogP contribution in [0.1, 0.15) is 32.9 Å². The Kier molecular flexibility index (Phi) is 6.42. The fraction of sp³-hybridized carbons (Fsp3) is 0.227. The van der Waals surface area contributed by atoms with Gasteiger partial charge in [-0.1, -0.05) is 18.2 Å². The first kappa shape index (κ1) is 21.8. The molecule has 4 rings (SSSR count). The van der Waals surface area contributed by atoms with E-state index in [9.17, 15) is 14.4 Å². The van der Waals surface area contributed by atoms with Gasteiger partial charge in [-0.2, -0.15) is 0 Å². The molecule has 0 fully saturated rings. The smallest absolute Gasteiger partial charge is 0.348 e. The zero-order valence-corrected chi connectivity index (χ0v) is 19.1. The minimum Gasteiger partial charge on any atom is -0.462 e. The molecule has 0 saturated carbocycles. The van der Waals surface area contributed by atoms with E-state index in [0.717, 1.165) is 17.0 Å². The summed E-state index contributed by atoms with van der Waals surface area (Å²) in [6, 6.07) is 9.22. The third-order valence-electron chi connectivity index (χ3n) is 4.68. The molecule has 8 nitrogen and oxygen atoms in total. The van der Waals surface area contributed by atoms with E-state index in [1.165, 1.54) is 22.2 Å². The van der Waals surface area contributed by atoms with Crippen molar-refractivity contribution in [1.29, 1.82) is 0 Å². The molecule has 0 radical (unpaired) electrons. The summed E-state index contributed by atoms with van der Waals surface area (Å²) in [5.74, 6) is -0.602. The van der Waals surface area contributed by atoms with Crippen LogP contribution in [0, 0.1) is 6.92 Å². The number of anilines is 1. The number of fused-ring (bicyclic) bond motifs is 1. The number of thiophene rings is 1. The van der Waals surface area contributed by atoms with Crippen LogP contribution >= 0.6 is 22.7 Å². The van der Waals surface area contributed by atoms with E-state index in [2.05, 4.69) is 15.3 Å². The molecule has 164 valence electrons. The molecule has 0 aliphatic heterocycles. The number of aromatic nitrogens is 3. The predicted octanol–water partition coefficient (Wildman–Crippen LogP) is 3.63. The SMILES string of the molecule is CCOC(=O)c1sc2ncn(Cc3csc(CC(=O)Nc4ccccc4)n3)c(=O)c2c1C. The second-order valence-electron chi connectivity index (χ2n) is 6.96. The lowest BCUT2D eigenvalue weighted by atomic mass is 10.2. The standard InChI is InChI=1S/C22H20N4O4S2/c1-3-30-22(29)19-13(2)18-20(32-19)23-12-26(21(18)28)10-15-11-31-17(25-15)9-16(27)24-14-7-5-4-6-8-14/h4-8,11-12H,3,9-10H2,1-2H3,(H,24,27). The summed E-state index contributed by atoms with van der Waals surface area (Å²) in [6.07, 6.45) is 1.61. The van der Waals surface area contributed by atoms with Gasteiger partial charge in [0.1, 0.15) is 14.7 Å². The van der Waals surface area contributed by atoms with Crippen molar-refractivity contribution >= 4 is 50.5 Å². The molecule has 0 aliphatic rings. The van der Waals surface area contributed by atoms with Crippen LogP contribution in [-0.4, -0.2) is 33.0 Å². The van der Waals surface area contributed by atoms with Gasteiger partial charge in [-0.05, 0) is 31.5 Å². The Balaban J connectivity index is 1.50. The molecular formula is C22H20N4O4S2. The summed E-state index contributed by atoms with van der Waals surface area (Å²) in [6.45, 7) is 3.95. The second-order valence-corrected chi connectivity index (χ2v) is 8.90. The number of thiazole rings is 1. The van der Waals surface area contributed by atoms with Gasteiger partial charge < -0.3 is 10.1 Å². The van der Waals surface area contributed by atoms with Gasteiger partial charge in [-0.3, -0.25) is 14.2 Å². The van der Waals surface area contributed by atoms with Gasteiger partial charge in [0.15, 0.2) is 0 Å². The van der Waals surface area contributed by atoms with Gasteiger partial charge in [-0.25, -0.2) is 14.8 Å². The van der Waals surface area contributed by atoms with E-state index in [1.54, 1.807) is 13.8 Å². The maximum absolute atomic E-state index is 13.0. The minimum absolute atomic E-state index is 0.151. The number of nitrogens with one attached hydrogen (secondary N) is 1. The first-order valence-corrected chi connectivity index (χ1v) is 11.6. The lowest BCUT2D eigenvalue weighted by molar-refractivity contribution is -0.115. The van der Waals surface area contributed by atoms with E-state index in [0.29, 0.717) is 31.4 Å². The number of para-hydroxylation sites is 1. The Bertz CT molecular complexity index is 1340. The van der Waals surface area contributed by atoms with Gasteiger partial charge in [-0.15, -0.1) is 22.7 Å². The number of esters is 1. The number of nitrogens with zero attached hydrogens (tertiary/aromatic N) is 3. The molecular weight excluding hydrogens is 448 g/mol. The molecule has 1 amide bonds. The molecule has 0 bridgehead atoms. The molecule has 1 N–H and O–H groups in total. The van der Waals surface area contributed by atoms with E-state index in [4.69, 9.17) is 4.74 Å². The Morgan fingerprint density at radius 1 is 1.22 bits per heavy atom. The van der Waals surface area contributed by atoms with Crippen molar-refractivity contribution in [2.45, 2.75) is 26.8 Å². The molecule has 0 spiro atoms. The van der Waals surface area contributed by atoms with E-state index in [-0.39, 0.29) is 31.0 Å². The maximum Gasteiger partial charge on any atom is 0.348 e. The molecule has 3 aromatic heterocycles. The molecule has 0 saturated heterocycles. The average Bonchev–Trinajstić information content (AvgIpc) is 3.35. The van der Waals surface area contributed by atoms with Gasteiger partial charge in [0, 0.05) is 11.1 Å². The van der Waals surface area contributed by atoms with Crippen molar-refractivity contribution < 1.29 is 14.3 Å². The zero-order chi connectivity index (χ0) is 22.7. The largest absolute Gasteiger partial charge is 0.462 e. The highest BCUT2D eigenvalue weighted by atomic mass is 32.1. The zero-order valence-electron chi connectivity index (χ0n) is 17.5. The Morgan fingerprint density at radius 2 is 2.00 bits per heavy atom. The van der Waals surface area contributed by atoms with Crippen LogP contribution in [-0.2, 0) is 22.5 Å². The van der Waals surface area contributed by atoms with Crippen molar-refractivity contribution in [2.75, 3.05) is 11.9 Å². The highest BCUT2D eigenvalue weighted by molar-refractivity contribution is 7.20. The summed E-state index contributed by atoms with van der Waals surface area (Å²) < 4.78 is 6.53. The molecule has 10 heteroatoms. The topological polar surface area (TPSA) is 103 Å². The molecule has 4 aromatic rings. The van der Waals surface area contributed by atoms with Crippen molar-refractivity contribution in [1.82, 2.24) is 14.5 Å². The number of rotatable bonds is 7.